The summed E-state index contributed by atoms with van der Waals surface area (Å²) < 4.78 is 0. The van der Waals surface area contributed by atoms with E-state index in [-0.39, 0.29) is 5.91 Å². The van der Waals surface area contributed by atoms with Crippen molar-refractivity contribution in [3.8, 4) is 0 Å². The van der Waals surface area contributed by atoms with Crippen LogP contribution in [0.2, 0.25) is 0 Å². The molecule has 2 aromatic heterocycles. The highest BCUT2D eigenvalue weighted by atomic mass is 16.2. The molecule has 0 radical (unpaired) electrons. The van der Waals surface area contributed by atoms with Crippen molar-refractivity contribution >= 4 is 11.7 Å². The van der Waals surface area contributed by atoms with Crippen molar-refractivity contribution in [2.45, 2.75) is 26.7 Å². The lowest BCUT2D eigenvalue weighted by Crippen LogP contribution is -2.15. The summed E-state index contributed by atoms with van der Waals surface area (Å²) in [6.07, 6.45) is 3.56. The average Bonchev–Trinajstić information content (AvgIpc) is 2.77. The number of aromatic amines is 1. The number of nitrogens with zero attached hydrogens (tertiary/aromatic N) is 2. The fourth-order valence-electron chi connectivity index (χ4n) is 1.72. The van der Waals surface area contributed by atoms with Gasteiger partial charge in [-0.05, 0) is 25.0 Å². The van der Waals surface area contributed by atoms with E-state index in [1.165, 1.54) is 0 Å². The summed E-state index contributed by atoms with van der Waals surface area (Å²) in [6, 6.07) is 5.51. The predicted octanol–water partition coefficient (Wildman–Crippen LogP) is 2.32. The van der Waals surface area contributed by atoms with E-state index in [9.17, 15) is 4.79 Å². The minimum atomic E-state index is -0.234. The van der Waals surface area contributed by atoms with Crippen molar-refractivity contribution in [2.75, 3.05) is 5.32 Å². The van der Waals surface area contributed by atoms with E-state index in [1.807, 2.05) is 19.1 Å². The van der Waals surface area contributed by atoms with Gasteiger partial charge in [-0.2, -0.15) is 5.10 Å². The molecule has 0 bridgehead atoms. The zero-order chi connectivity index (χ0) is 13.0. The van der Waals surface area contributed by atoms with E-state index < -0.39 is 0 Å². The van der Waals surface area contributed by atoms with Crippen molar-refractivity contribution < 1.29 is 4.79 Å². The molecule has 0 saturated heterocycles. The quantitative estimate of drug-likeness (QED) is 0.867. The highest BCUT2D eigenvalue weighted by molar-refractivity contribution is 6.03. The van der Waals surface area contributed by atoms with E-state index >= 15 is 0 Å². The standard InChI is InChI=1S/C13H16N4O/c1-3-5-10-8-11(17-16-10)15-13(18)12-9(2)6-4-7-14-12/h4,6-8H,3,5H2,1-2H3,(H2,15,16,17,18). The molecular weight excluding hydrogens is 228 g/mol. The van der Waals surface area contributed by atoms with Gasteiger partial charge in [-0.1, -0.05) is 19.4 Å². The van der Waals surface area contributed by atoms with Crippen LogP contribution in [0.5, 0.6) is 0 Å². The second kappa shape index (κ2) is 5.44. The molecule has 0 aliphatic heterocycles. The lowest BCUT2D eigenvalue weighted by Gasteiger charge is -2.03. The van der Waals surface area contributed by atoms with E-state index in [4.69, 9.17) is 0 Å². The Morgan fingerprint density at radius 1 is 1.50 bits per heavy atom. The molecule has 0 fully saturated rings. The van der Waals surface area contributed by atoms with Crippen LogP contribution in [0.4, 0.5) is 5.82 Å². The van der Waals surface area contributed by atoms with Crippen LogP contribution in [0.15, 0.2) is 24.4 Å². The van der Waals surface area contributed by atoms with Gasteiger partial charge in [-0.3, -0.25) is 14.9 Å². The highest BCUT2D eigenvalue weighted by Crippen LogP contribution is 2.10. The number of pyridine rings is 1. The number of aryl methyl sites for hydroxylation is 2. The minimum absolute atomic E-state index is 0.234. The minimum Gasteiger partial charge on any atom is -0.304 e. The lowest BCUT2D eigenvalue weighted by atomic mass is 10.2. The maximum atomic E-state index is 12.0. The van der Waals surface area contributed by atoms with Crippen molar-refractivity contribution in [1.29, 1.82) is 0 Å². The molecule has 1 amide bonds. The molecule has 0 spiro atoms. The van der Waals surface area contributed by atoms with Crippen LogP contribution >= 0.6 is 0 Å². The molecule has 0 aromatic carbocycles. The highest BCUT2D eigenvalue weighted by Gasteiger charge is 2.11. The first-order valence-corrected chi connectivity index (χ1v) is 5.98. The fraction of sp³-hybridized carbons (Fsp3) is 0.308. The van der Waals surface area contributed by atoms with Crippen molar-refractivity contribution in [2.24, 2.45) is 0 Å². The van der Waals surface area contributed by atoms with Crippen LogP contribution in [0, 0.1) is 6.92 Å². The van der Waals surface area contributed by atoms with Gasteiger partial charge in [0, 0.05) is 18.0 Å². The molecule has 0 aliphatic carbocycles. The van der Waals surface area contributed by atoms with E-state index in [1.54, 1.807) is 12.3 Å². The van der Waals surface area contributed by atoms with Gasteiger partial charge in [0.25, 0.3) is 5.91 Å². The van der Waals surface area contributed by atoms with Crippen LogP contribution in [0.25, 0.3) is 0 Å². The van der Waals surface area contributed by atoms with Crippen LogP contribution in [0.1, 0.15) is 35.1 Å². The SMILES string of the molecule is CCCc1cc(NC(=O)c2ncccc2C)n[nH]1. The molecule has 0 saturated carbocycles. The molecule has 2 heterocycles. The number of carbonyl (C=O) groups excluding carboxylic acids is 1. The van der Waals surface area contributed by atoms with E-state index in [0.717, 1.165) is 24.1 Å². The molecule has 0 atom stereocenters. The smallest absolute Gasteiger partial charge is 0.275 e. The van der Waals surface area contributed by atoms with Gasteiger partial charge in [-0.15, -0.1) is 0 Å². The molecule has 5 nitrogen and oxygen atoms in total. The Morgan fingerprint density at radius 3 is 3.06 bits per heavy atom. The monoisotopic (exact) mass is 244 g/mol. The summed E-state index contributed by atoms with van der Waals surface area (Å²) in [5, 5.41) is 9.67. The van der Waals surface area contributed by atoms with Gasteiger partial charge in [0.05, 0.1) is 0 Å². The van der Waals surface area contributed by atoms with Gasteiger partial charge < -0.3 is 5.32 Å². The van der Waals surface area contributed by atoms with Gasteiger partial charge in [0.2, 0.25) is 0 Å². The van der Waals surface area contributed by atoms with Gasteiger partial charge in [0.1, 0.15) is 5.69 Å². The predicted molar refractivity (Wildman–Crippen MR) is 69.5 cm³/mol. The van der Waals surface area contributed by atoms with Crippen LogP contribution in [-0.2, 0) is 6.42 Å². The van der Waals surface area contributed by atoms with Crippen LogP contribution in [-0.4, -0.2) is 21.1 Å². The Morgan fingerprint density at radius 2 is 2.33 bits per heavy atom. The second-order valence-corrected chi connectivity index (χ2v) is 4.15. The number of nitrogens with one attached hydrogen (secondary N) is 2. The molecule has 18 heavy (non-hydrogen) atoms. The Balaban J connectivity index is 2.09. The second-order valence-electron chi connectivity index (χ2n) is 4.15. The summed E-state index contributed by atoms with van der Waals surface area (Å²) in [7, 11) is 0. The number of H-pyrrole nitrogens is 1. The third-order valence-electron chi connectivity index (χ3n) is 2.62. The number of hydrogen-bond acceptors (Lipinski definition) is 3. The Bertz CT molecular complexity index is 547. The number of hydrogen-bond donors (Lipinski definition) is 2. The fourth-order valence-corrected chi connectivity index (χ4v) is 1.72. The third kappa shape index (κ3) is 2.74. The van der Waals surface area contributed by atoms with E-state index in [2.05, 4.69) is 27.4 Å². The molecule has 2 rings (SSSR count). The van der Waals surface area contributed by atoms with Crippen molar-refractivity contribution in [3.05, 3.63) is 41.3 Å². The maximum Gasteiger partial charge on any atom is 0.275 e. The lowest BCUT2D eigenvalue weighted by molar-refractivity contribution is 0.102. The third-order valence-corrected chi connectivity index (χ3v) is 2.62. The zero-order valence-corrected chi connectivity index (χ0v) is 10.5. The summed E-state index contributed by atoms with van der Waals surface area (Å²) in [4.78, 5) is 16.0. The normalized spacial score (nSPS) is 10.3. The van der Waals surface area contributed by atoms with Crippen LogP contribution < -0.4 is 5.32 Å². The zero-order valence-electron chi connectivity index (χ0n) is 10.5. The number of carbonyl (C=O) groups is 1. The van der Waals surface area contributed by atoms with Crippen molar-refractivity contribution in [1.82, 2.24) is 15.2 Å². The van der Waals surface area contributed by atoms with Crippen molar-refractivity contribution in [3.63, 3.8) is 0 Å². The first-order chi connectivity index (χ1) is 8.70. The molecular formula is C13H16N4O. The molecule has 2 N–H and O–H groups in total. The largest absolute Gasteiger partial charge is 0.304 e. The molecule has 94 valence electrons. The average molecular weight is 244 g/mol. The Hall–Kier alpha value is -2.17. The molecule has 0 unspecified atom stereocenters. The molecule has 0 aliphatic rings. The summed E-state index contributed by atoms with van der Waals surface area (Å²) in [6.45, 7) is 3.95. The van der Waals surface area contributed by atoms with Gasteiger partial charge in [0.15, 0.2) is 5.82 Å². The first kappa shape index (κ1) is 12.3. The van der Waals surface area contributed by atoms with Gasteiger partial charge in [-0.25, -0.2) is 0 Å². The van der Waals surface area contributed by atoms with Gasteiger partial charge >= 0.3 is 0 Å². The summed E-state index contributed by atoms with van der Waals surface area (Å²) in [5.74, 6) is 0.302. The number of anilines is 1. The Labute approximate surface area is 106 Å². The van der Waals surface area contributed by atoms with Crippen LogP contribution in [0.3, 0.4) is 0 Å². The maximum absolute atomic E-state index is 12.0. The molecule has 2 aromatic rings. The topological polar surface area (TPSA) is 70.7 Å². The summed E-state index contributed by atoms with van der Waals surface area (Å²) in [5.41, 5.74) is 2.29. The molecule has 5 heteroatoms. The van der Waals surface area contributed by atoms with E-state index in [0.29, 0.717) is 11.5 Å². The first-order valence-electron chi connectivity index (χ1n) is 5.98. The number of aromatic nitrogens is 3. The number of rotatable bonds is 4. The summed E-state index contributed by atoms with van der Waals surface area (Å²) >= 11 is 0. The number of amides is 1. The Kier molecular flexibility index (Phi) is 3.72.